The molecule has 9 nitrogen and oxygen atoms in total. The first-order valence-corrected chi connectivity index (χ1v) is 22.9. The monoisotopic (exact) mass is 914 g/mol. The summed E-state index contributed by atoms with van der Waals surface area (Å²) in [4.78, 5) is 5.79. The highest BCUT2D eigenvalue weighted by molar-refractivity contribution is 8.03. The van der Waals surface area contributed by atoms with Gasteiger partial charge < -0.3 is 9.80 Å². The maximum atomic E-state index is 8.59. The van der Waals surface area contributed by atoms with Crippen molar-refractivity contribution < 1.29 is 33.8 Å². The number of thiazole rings is 1. The zero-order chi connectivity index (χ0) is 40.4. The second-order valence-electron chi connectivity index (χ2n) is 13.2. The van der Waals surface area contributed by atoms with Gasteiger partial charge in [-0.1, -0.05) is 110 Å². The van der Waals surface area contributed by atoms with Gasteiger partial charge in [0, 0.05) is 82.0 Å². The Labute approximate surface area is 369 Å². The summed E-state index contributed by atoms with van der Waals surface area (Å²) in [5.74, 6) is 1.24. The van der Waals surface area contributed by atoms with E-state index >= 15 is 0 Å². The Balaban J connectivity index is 1.31. The van der Waals surface area contributed by atoms with Crippen LogP contribution in [0.2, 0.25) is 15.1 Å². The molecule has 2 N–H and O–H groups in total. The van der Waals surface area contributed by atoms with E-state index < -0.39 is 0 Å². The molecule has 0 saturated heterocycles. The largest absolute Gasteiger partial charge is 0.335 e. The van der Waals surface area contributed by atoms with Crippen molar-refractivity contribution in [3.05, 3.63) is 151 Å². The molecule has 16 heteroatoms. The van der Waals surface area contributed by atoms with E-state index in [9.17, 15) is 0 Å². The number of fused-ring (bicyclic) bond motifs is 2. The third-order valence-electron chi connectivity index (χ3n) is 9.54. The molecule has 1 aliphatic heterocycles. The summed E-state index contributed by atoms with van der Waals surface area (Å²) in [6.45, 7) is 3.45. The normalized spacial score (nSPS) is 15.6. The average molecular weight is 916 g/mol. The van der Waals surface area contributed by atoms with Gasteiger partial charge >= 0.3 is 0 Å². The summed E-state index contributed by atoms with van der Waals surface area (Å²) in [5.41, 5.74) is 8.79. The van der Waals surface area contributed by atoms with Crippen molar-refractivity contribution in [2.24, 2.45) is 0 Å². The minimum Gasteiger partial charge on any atom is -0.335 e. The van der Waals surface area contributed by atoms with Crippen LogP contribution in [0, 0.1) is 6.92 Å². The van der Waals surface area contributed by atoms with Gasteiger partial charge in [0.2, 0.25) is 5.52 Å². The molecular weight excluding hydrogens is 877 g/mol. The molecule has 0 radical (unpaired) electrons. The van der Waals surface area contributed by atoms with E-state index in [1.165, 1.54) is 11.1 Å². The number of nitrogens with zero attached hydrogens (tertiary/aromatic N) is 3. The van der Waals surface area contributed by atoms with Crippen LogP contribution in [0.25, 0.3) is 16.3 Å². The van der Waals surface area contributed by atoms with Gasteiger partial charge in [-0.2, -0.15) is 4.57 Å². The van der Waals surface area contributed by atoms with Crippen LogP contribution >= 0.6 is 82.0 Å². The lowest BCUT2D eigenvalue weighted by molar-refractivity contribution is -0.668. The highest BCUT2D eigenvalue weighted by Crippen LogP contribution is 2.49. The number of para-hydroxylation sites is 2. The van der Waals surface area contributed by atoms with E-state index in [4.69, 9.17) is 45.3 Å². The number of aryl methyl sites for hydroxylation is 2. The van der Waals surface area contributed by atoms with Crippen molar-refractivity contribution in [3.8, 4) is 0 Å². The molecule has 0 amide bonds. The highest BCUT2D eigenvalue weighted by Gasteiger charge is 2.29. The van der Waals surface area contributed by atoms with Crippen LogP contribution in [0.1, 0.15) is 36.3 Å². The maximum absolute atomic E-state index is 8.59. The number of thioether (sulfide) groups is 1. The molecular formula is C42H39Cl3N3O6S4+. The summed E-state index contributed by atoms with van der Waals surface area (Å²) in [5, 5.41) is 28.6. The van der Waals surface area contributed by atoms with Crippen molar-refractivity contribution >= 4 is 115 Å². The molecule has 0 fully saturated rings. The molecule has 5 aromatic rings. The highest BCUT2D eigenvalue weighted by atomic mass is 35.5. The number of hydrogen-bond donors (Lipinski definition) is 2. The van der Waals surface area contributed by atoms with Crippen LogP contribution in [0.3, 0.4) is 0 Å². The molecule has 302 valence electrons. The second-order valence-corrected chi connectivity index (χ2v) is 18.1. The second kappa shape index (κ2) is 21.0. The number of benzene rings is 4. The Bertz CT molecular complexity index is 2300. The molecule has 0 spiro atoms. The van der Waals surface area contributed by atoms with E-state index in [0.29, 0.717) is 28.1 Å². The molecule has 0 unspecified atom stereocenters. The molecule has 0 atom stereocenters. The Morgan fingerprint density at radius 2 is 1.48 bits per heavy atom. The quantitative estimate of drug-likeness (QED) is 0.0290. The molecule has 0 bridgehead atoms. The van der Waals surface area contributed by atoms with Crippen LogP contribution in [0.5, 0.6) is 0 Å². The van der Waals surface area contributed by atoms with Gasteiger partial charge in [-0.05, 0) is 97.5 Å². The zero-order valence-electron chi connectivity index (χ0n) is 31.2. The van der Waals surface area contributed by atoms with Crippen LogP contribution in [0.15, 0.2) is 130 Å². The van der Waals surface area contributed by atoms with Crippen molar-refractivity contribution in [1.29, 1.82) is 0 Å². The molecule has 7 rings (SSSR count). The standard InChI is InChI=1S/C42H38Cl3N3O6S4/c1-28-24-36-38(26-33(28)43)57-40(46(36)20-8-22-55-53-51-49)18-16-29-14-15-30(42(29)48(31-10-4-2-5-11-31)32-12-6-3-7-13-32)17-19-41-47(21-9-23-56-54-52-50)37-25-34(44)35(45)27-39(37)58-41/h2-7,10-13,16-19,24-27H,8-9,14-15,20-23H2,1H3,(H-,49,50)/p+1. The van der Waals surface area contributed by atoms with Gasteiger partial charge in [0.15, 0.2) is 6.54 Å². The van der Waals surface area contributed by atoms with Crippen LogP contribution in [-0.2, 0) is 25.3 Å². The minimum atomic E-state index is 0.498. The van der Waals surface area contributed by atoms with E-state index in [-0.39, 0.29) is 0 Å². The fraction of sp³-hybridized carbons (Fsp3) is 0.214. The first kappa shape index (κ1) is 43.1. The summed E-state index contributed by atoms with van der Waals surface area (Å²) < 4.78 is 12.5. The number of allylic oxidation sites excluding steroid dienone is 5. The Kier molecular flexibility index (Phi) is 15.6. The predicted octanol–water partition coefficient (Wildman–Crippen LogP) is 13.7. The molecule has 1 aliphatic carbocycles. The summed E-state index contributed by atoms with van der Waals surface area (Å²) >= 11 is 25.1. The molecule has 2 aliphatic rings. The minimum absolute atomic E-state index is 0.498. The maximum Gasteiger partial charge on any atom is 0.262 e. The van der Waals surface area contributed by atoms with Crippen molar-refractivity contribution in [2.75, 3.05) is 27.9 Å². The molecule has 4 aromatic carbocycles. The number of halogens is 3. The SMILES string of the molecule is Cc1cc2c(cc1Cl)S/C(=C\C=C1/CCC(/C=C/c3sc4cc(Cl)c(Cl)cc4[n+]3CCCSOOO)=C1N(c1ccccc1)c1ccccc1)N2CCCSOOO. The summed E-state index contributed by atoms with van der Waals surface area (Å²) in [6.07, 6.45) is 12.2. The van der Waals surface area contributed by atoms with Gasteiger partial charge in [0.1, 0.15) is 4.70 Å². The van der Waals surface area contributed by atoms with Gasteiger partial charge in [-0.3, -0.25) is 0 Å². The number of anilines is 3. The topological polar surface area (TPSA) is 87.7 Å². The van der Waals surface area contributed by atoms with Gasteiger partial charge in [-0.15, -0.1) is 8.67 Å². The van der Waals surface area contributed by atoms with E-state index in [1.807, 2.05) is 37.3 Å². The Morgan fingerprint density at radius 1 is 0.810 bits per heavy atom. The van der Waals surface area contributed by atoms with E-state index in [2.05, 4.69) is 112 Å². The smallest absolute Gasteiger partial charge is 0.262 e. The zero-order valence-corrected chi connectivity index (χ0v) is 36.7. The summed E-state index contributed by atoms with van der Waals surface area (Å²) in [6, 6.07) is 29.0. The van der Waals surface area contributed by atoms with Gasteiger partial charge in [-0.25, -0.2) is 10.5 Å². The third-order valence-corrected chi connectivity index (χ3v) is 14.1. The average Bonchev–Trinajstić information content (AvgIpc) is 3.89. The molecule has 0 saturated carbocycles. The van der Waals surface area contributed by atoms with Gasteiger partial charge in [0.25, 0.3) is 5.01 Å². The van der Waals surface area contributed by atoms with Crippen molar-refractivity contribution in [1.82, 2.24) is 0 Å². The van der Waals surface area contributed by atoms with Gasteiger partial charge in [0.05, 0.1) is 26.5 Å². The fourth-order valence-electron chi connectivity index (χ4n) is 6.94. The number of aromatic nitrogens is 1. The molecule has 2 heterocycles. The fourth-order valence-corrected chi connectivity index (χ4v) is 10.5. The predicted molar refractivity (Wildman–Crippen MR) is 242 cm³/mol. The van der Waals surface area contributed by atoms with Crippen molar-refractivity contribution in [2.45, 2.75) is 44.0 Å². The lowest BCUT2D eigenvalue weighted by Gasteiger charge is -2.28. The van der Waals surface area contributed by atoms with E-state index in [1.54, 1.807) is 23.1 Å². The van der Waals surface area contributed by atoms with Crippen molar-refractivity contribution in [3.63, 3.8) is 0 Å². The lowest BCUT2D eigenvalue weighted by atomic mass is 10.1. The van der Waals surface area contributed by atoms with Crippen LogP contribution in [0.4, 0.5) is 17.1 Å². The lowest BCUT2D eigenvalue weighted by Crippen LogP contribution is -2.35. The van der Waals surface area contributed by atoms with Crippen LogP contribution in [-0.4, -0.2) is 28.6 Å². The van der Waals surface area contributed by atoms with Crippen LogP contribution < -0.4 is 14.4 Å². The molecule has 58 heavy (non-hydrogen) atoms. The first-order chi connectivity index (χ1) is 28.4. The number of rotatable bonds is 18. The van der Waals surface area contributed by atoms with E-state index in [0.717, 1.165) is 115 Å². The summed E-state index contributed by atoms with van der Waals surface area (Å²) in [7, 11) is 0. The Hall–Kier alpha value is -2.99. The third kappa shape index (κ3) is 10.3. The Morgan fingerprint density at radius 3 is 2.17 bits per heavy atom. The first-order valence-electron chi connectivity index (χ1n) is 18.3. The number of hydrogen-bond acceptors (Lipinski definition) is 12. The molecule has 1 aromatic heterocycles.